The average Bonchev–Trinajstić information content (AvgIpc) is 3.14. The lowest BCUT2D eigenvalue weighted by Crippen LogP contribution is -2.47. The van der Waals surface area contributed by atoms with Gasteiger partial charge < -0.3 is 9.64 Å². The van der Waals surface area contributed by atoms with Crippen molar-refractivity contribution >= 4 is 17.2 Å². The molecule has 0 saturated carbocycles. The van der Waals surface area contributed by atoms with Gasteiger partial charge in [-0.25, -0.2) is 4.98 Å². The molecule has 24 heavy (non-hydrogen) atoms. The third-order valence-corrected chi connectivity index (χ3v) is 5.10. The Balaban J connectivity index is 1.57. The zero-order valence-corrected chi connectivity index (χ0v) is 15.4. The summed E-state index contributed by atoms with van der Waals surface area (Å²) < 4.78 is 5.69. The Kier molecular flexibility index (Phi) is 5.63. The highest BCUT2D eigenvalue weighted by Crippen LogP contribution is 2.24. The van der Waals surface area contributed by atoms with Gasteiger partial charge in [0, 0.05) is 37.8 Å². The predicted octanol–water partition coefficient (Wildman–Crippen LogP) is 2.85. The summed E-state index contributed by atoms with van der Waals surface area (Å²) in [6.07, 6.45) is 5.39. The first-order valence-corrected chi connectivity index (χ1v) is 9.34. The van der Waals surface area contributed by atoms with Crippen LogP contribution in [0.25, 0.3) is 0 Å². The van der Waals surface area contributed by atoms with Crippen LogP contribution in [0.4, 0.5) is 5.82 Å². The standard InChI is InChI=1S/C17H25N5OS/c1-13(2)12-23-16-11-18-10-15(20-16)22-7-5-21(6-8-22)14(3)17-19-4-9-24-17/h4,9-11,13-14H,5-8,12H2,1-3H3. The van der Waals surface area contributed by atoms with Crippen LogP contribution in [0.2, 0.25) is 0 Å². The Morgan fingerprint density at radius 3 is 2.62 bits per heavy atom. The molecule has 0 aromatic carbocycles. The number of hydrogen-bond acceptors (Lipinski definition) is 7. The Labute approximate surface area is 147 Å². The number of nitrogens with zero attached hydrogens (tertiary/aromatic N) is 5. The van der Waals surface area contributed by atoms with Crippen molar-refractivity contribution in [2.45, 2.75) is 26.8 Å². The molecule has 0 spiro atoms. The molecule has 1 aliphatic heterocycles. The number of hydrogen-bond donors (Lipinski definition) is 0. The van der Waals surface area contributed by atoms with Crippen LogP contribution >= 0.6 is 11.3 Å². The summed E-state index contributed by atoms with van der Waals surface area (Å²) in [7, 11) is 0. The lowest BCUT2D eigenvalue weighted by atomic mass is 10.2. The molecule has 1 aliphatic rings. The summed E-state index contributed by atoms with van der Waals surface area (Å²) in [5.74, 6) is 1.99. The molecule has 1 fully saturated rings. The van der Waals surface area contributed by atoms with Gasteiger partial charge in [-0.05, 0) is 12.8 Å². The quantitative estimate of drug-likeness (QED) is 0.801. The maximum atomic E-state index is 5.69. The van der Waals surface area contributed by atoms with Crippen molar-refractivity contribution < 1.29 is 4.74 Å². The molecule has 2 aromatic heterocycles. The van der Waals surface area contributed by atoms with E-state index < -0.39 is 0 Å². The summed E-state index contributed by atoms with van der Waals surface area (Å²) >= 11 is 1.73. The number of piperazine rings is 1. The van der Waals surface area contributed by atoms with E-state index in [1.807, 2.05) is 17.8 Å². The third-order valence-electron chi connectivity index (χ3n) is 4.16. The van der Waals surface area contributed by atoms with Crippen LogP contribution < -0.4 is 9.64 Å². The third kappa shape index (κ3) is 4.21. The van der Waals surface area contributed by atoms with Gasteiger partial charge in [0.1, 0.15) is 5.01 Å². The second-order valence-electron chi connectivity index (χ2n) is 6.49. The van der Waals surface area contributed by atoms with Crippen molar-refractivity contribution in [1.29, 1.82) is 0 Å². The van der Waals surface area contributed by atoms with E-state index >= 15 is 0 Å². The number of thiazole rings is 1. The van der Waals surface area contributed by atoms with E-state index in [9.17, 15) is 0 Å². The largest absolute Gasteiger partial charge is 0.476 e. The van der Waals surface area contributed by atoms with Crippen molar-refractivity contribution in [1.82, 2.24) is 19.9 Å². The number of rotatable bonds is 6. The monoisotopic (exact) mass is 347 g/mol. The zero-order chi connectivity index (χ0) is 16.9. The Hall–Kier alpha value is -1.73. The van der Waals surface area contributed by atoms with Crippen molar-refractivity contribution in [3.8, 4) is 5.88 Å². The molecule has 0 aliphatic carbocycles. The average molecular weight is 347 g/mol. The fourth-order valence-corrected chi connectivity index (χ4v) is 3.48. The Bertz CT molecular complexity index is 626. The lowest BCUT2D eigenvalue weighted by molar-refractivity contribution is 0.197. The van der Waals surface area contributed by atoms with Gasteiger partial charge in [0.25, 0.3) is 0 Å². The maximum Gasteiger partial charge on any atom is 0.234 e. The van der Waals surface area contributed by atoms with Crippen LogP contribution in [0.5, 0.6) is 5.88 Å². The SMILES string of the molecule is CC(C)COc1cncc(N2CCN(C(C)c3nccs3)CC2)n1. The van der Waals surface area contributed by atoms with Gasteiger partial charge in [0.15, 0.2) is 5.82 Å². The molecule has 0 radical (unpaired) electrons. The minimum absolute atomic E-state index is 0.374. The number of aromatic nitrogens is 3. The van der Waals surface area contributed by atoms with E-state index in [2.05, 4.69) is 45.5 Å². The summed E-state index contributed by atoms with van der Waals surface area (Å²) in [6, 6.07) is 0.374. The summed E-state index contributed by atoms with van der Waals surface area (Å²) in [5.41, 5.74) is 0. The molecule has 0 bridgehead atoms. The van der Waals surface area contributed by atoms with E-state index in [0.29, 0.717) is 24.4 Å². The minimum atomic E-state index is 0.374. The normalized spacial score (nSPS) is 17.2. The molecular formula is C17H25N5OS. The number of ether oxygens (including phenoxy) is 1. The van der Waals surface area contributed by atoms with E-state index in [4.69, 9.17) is 4.74 Å². The first-order chi connectivity index (χ1) is 11.6. The molecule has 130 valence electrons. The molecule has 7 heteroatoms. The van der Waals surface area contributed by atoms with E-state index in [1.54, 1.807) is 17.5 Å². The van der Waals surface area contributed by atoms with E-state index in [1.165, 1.54) is 5.01 Å². The highest BCUT2D eigenvalue weighted by molar-refractivity contribution is 7.09. The Morgan fingerprint density at radius 1 is 1.17 bits per heavy atom. The van der Waals surface area contributed by atoms with Gasteiger partial charge in [-0.3, -0.25) is 9.88 Å². The zero-order valence-electron chi connectivity index (χ0n) is 14.6. The van der Waals surface area contributed by atoms with E-state index in [0.717, 1.165) is 32.0 Å². The predicted molar refractivity (Wildman–Crippen MR) is 96.7 cm³/mol. The molecule has 2 aromatic rings. The molecule has 1 unspecified atom stereocenters. The van der Waals surface area contributed by atoms with Gasteiger partial charge in [-0.1, -0.05) is 13.8 Å². The van der Waals surface area contributed by atoms with Gasteiger partial charge in [0.05, 0.1) is 25.0 Å². The van der Waals surface area contributed by atoms with Gasteiger partial charge in [0.2, 0.25) is 5.88 Å². The molecule has 0 amide bonds. The highest BCUT2D eigenvalue weighted by Gasteiger charge is 2.24. The van der Waals surface area contributed by atoms with Crippen LogP contribution in [0.1, 0.15) is 31.8 Å². The van der Waals surface area contributed by atoms with Crippen molar-refractivity contribution in [3.05, 3.63) is 29.0 Å². The maximum absolute atomic E-state index is 5.69. The highest BCUT2D eigenvalue weighted by atomic mass is 32.1. The number of anilines is 1. The van der Waals surface area contributed by atoms with Crippen molar-refractivity contribution in [2.24, 2.45) is 5.92 Å². The van der Waals surface area contributed by atoms with E-state index in [-0.39, 0.29) is 0 Å². The molecular weight excluding hydrogens is 322 g/mol. The summed E-state index contributed by atoms with van der Waals surface area (Å²) in [4.78, 5) is 18.1. The fraction of sp³-hybridized carbons (Fsp3) is 0.588. The Morgan fingerprint density at radius 2 is 1.96 bits per heavy atom. The minimum Gasteiger partial charge on any atom is -0.476 e. The van der Waals surface area contributed by atoms with Gasteiger partial charge >= 0.3 is 0 Å². The van der Waals surface area contributed by atoms with Crippen LogP contribution in [0.15, 0.2) is 24.0 Å². The molecule has 6 nitrogen and oxygen atoms in total. The van der Waals surface area contributed by atoms with Crippen molar-refractivity contribution in [3.63, 3.8) is 0 Å². The molecule has 3 heterocycles. The second kappa shape index (κ2) is 7.90. The topological polar surface area (TPSA) is 54.4 Å². The lowest BCUT2D eigenvalue weighted by Gasteiger charge is -2.37. The first-order valence-electron chi connectivity index (χ1n) is 8.46. The van der Waals surface area contributed by atoms with Crippen LogP contribution in [0, 0.1) is 5.92 Å². The smallest absolute Gasteiger partial charge is 0.234 e. The molecule has 1 saturated heterocycles. The summed E-state index contributed by atoms with van der Waals surface area (Å²) in [5, 5.41) is 3.23. The van der Waals surface area contributed by atoms with Crippen molar-refractivity contribution in [2.75, 3.05) is 37.7 Å². The molecule has 1 atom stereocenters. The van der Waals surface area contributed by atoms with Gasteiger partial charge in [-0.2, -0.15) is 4.98 Å². The second-order valence-corrected chi connectivity index (χ2v) is 7.42. The van der Waals surface area contributed by atoms with Crippen LogP contribution in [-0.4, -0.2) is 52.6 Å². The van der Waals surface area contributed by atoms with Crippen LogP contribution in [-0.2, 0) is 0 Å². The molecule has 0 N–H and O–H groups in total. The van der Waals surface area contributed by atoms with Gasteiger partial charge in [-0.15, -0.1) is 11.3 Å². The fourth-order valence-electron chi connectivity index (χ4n) is 2.75. The van der Waals surface area contributed by atoms with Crippen LogP contribution in [0.3, 0.4) is 0 Å². The first kappa shape index (κ1) is 17.1. The molecule has 3 rings (SSSR count). The summed E-state index contributed by atoms with van der Waals surface area (Å²) in [6.45, 7) is 11.0.